The Morgan fingerprint density at radius 1 is 1.19 bits per heavy atom. The molecule has 4 rings (SSSR count). The maximum atomic E-state index is 12.7. The van der Waals surface area contributed by atoms with E-state index in [-0.39, 0.29) is 23.9 Å². The highest BCUT2D eigenvalue weighted by molar-refractivity contribution is 5.96. The van der Waals surface area contributed by atoms with Crippen molar-refractivity contribution in [2.45, 2.75) is 26.8 Å². The van der Waals surface area contributed by atoms with E-state index in [1.807, 2.05) is 36.9 Å². The summed E-state index contributed by atoms with van der Waals surface area (Å²) in [7, 11) is 1.66. The summed E-state index contributed by atoms with van der Waals surface area (Å²) in [5, 5.41) is 2.82. The van der Waals surface area contributed by atoms with E-state index >= 15 is 0 Å². The van der Waals surface area contributed by atoms with Crippen LogP contribution in [0.3, 0.4) is 0 Å². The fourth-order valence-electron chi connectivity index (χ4n) is 3.47. The van der Waals surface area contributed by atoms with Crippen molar-refractivity contribution in [1.29, 1.82) is 0 Å². The van der Waals surface area contributed by atoms with Gasteiger partial charge in [0, 0.05) is 24.5 Å². The van der Waals surface area contributed by atoms with Crippen LogP contribution in [0, 0.1) is 6.92 Å². The molecule has 0 bridgehead atoms. The van der Waals surface area contributed by atoms with Crippen LogP contribution in [0.5, 0.6) is 11.6 Å². The van der Waals surface area contributed by atoms with E-state index in [1.165, 1.54) is 6.20 Å². The van der Waals surface area contributed by atoms with Crippen molar-refractivity contribution in [3.05, 3.63) is 59.3 Å². The predicted octanol–water partition coefficient (Wildman–Crippen LogP) is 2.61. The van der Waals surface area contributed by atoms with E-state index in [0.717, 1.165) is 35.7 Å². The van der Waals surface area contributed by atoms with Crippen LogP contribution in [0.2, 0.25) is 0 Å². The Hall–Kier alpha value is -3.75. The Morgan fingerprint density at radius 2 is 2.06 bits per heavy atom. The van der Waals surface area contributed by atoms with Crippen LogP contribution in [0.1, 0.15) is 34.2 Å². The molecule has 0 atom stereocenters. The highest BCUT2D eigenvalue weighted by Gasteiger charge is 2.27. The number of aryl methyl sites for hydroxylation is 1. The summed E-state index contributed by atoms with van der Waals surface area (Å²) in [5.41, 5.74) is 3.87. The molecule has 0 radical (unpaired) electrons. The molecule has 3 aromatic rings. The summed E-state index contributed by atoms with van der Waals surface area (Å²) < 4.78 is 11.1. The molecule has 9 nitrogen and oxygen atoms in total. The van der Waals surface area contributed by atoms with E-state index in [4.69, 9.17) is 9.47 Å². The molecule has 1 aromatic carbocycles. The summed E-state index contributed by atoms with van der Waals surface area (Å²) in [5.74, 6) is 1.24. The molecule has 31 heavy (non-hydrogen) atoms. The lowest BCUT2D eigenvalue weighted by Crippen LogP contribution is -2.25. The predicted molar refractivity (Wildman–Crippen MR) is 115 cm³/mol. The third kappa shape index (κ3) is 4.25. The van der Waals surface area contributed by atoms with Gasteiger partial charge in [-0.1, -0.05) is 6.07 Å². The molecule has 0 fully saturated rings. The summed E-state index contributed by atoms with van der Waals surface area (Å²) in [6, 6.07) is 5.90. The second-order valence-electron chi connectivity index (χ2n) is 7.01. The molecule has 0 saturated heterocycles. The van der Waals surface area contributed by atoms with Crippen LogP contribution < -0.4 is 19.7 Å². The van der Waals surface area contributed by atoms with Gasteiger partial charge in [-0.3, -0.25) is 14.8 Å². The Morgan fingerprint density at radius 3 is 2.81 bits per heavy atom. The van der Waals surface area contributed by atoms with Gasteiger partial charge in [0.2, 0.25) is 11.8 Å². The van der Waals surface area contributed by atoms with Crippen molar-refractivity contribution < 1.29 is 14.3 Å². The Labute approximate surface area is 180 Å². The van der Waals surface area contributed by atoms with Crippen molar-refractivity contribution in [2.24, 2.45) is 0 Å². The molecule has 0 unspecified atom stereocenters. The molecule has 1 aliphatic heterocycles. The minimum atomic E-state index is -0.333. The van der Waals surface area contributed by atoms with E-state index in [2.05, 4.69) is 25.3 Å². The van der Waals surface area contributed by atoms with Gasteiger partial charge in [-0.2, -0.15) is 4.98 Å². The molecule has 1 aliphatic rings. The van der Waals surface area contributed by atoms with Crippen molar-refractivity contribution in [3.8, 4) is 11.6 Å². The average molecular weight is 420 g/mol. The van der Waals surface area contributed by atoms with Crippen molar-refractivity contribution in [1.82, 2.24) is 25.3 Å². The Balaban J connectivity index is 1.56. The standard InChI is InChI=1S/C22H24N6O3/c1-4-31-21-17(20(29)25-12-15-11-23-14(2)10-24-15)13-26-22(27-21)28-9-8-16-18(28)6-5-7-19(16)30-3/h5-7,10-11,13H,4,8-9,12H2,1-3H3,(H,25,29). The summed E-state index contributed by atoms with van der Waals surface area (Å²) in [6.45, 7) is 5.06. The largest absolute Gasteiger partial charge is 0.496 e. The van der Waals surface area contributed by atoms with Gasteiger partial charge in [0.1, 0.15) is 11.3 Å². The zero-order valence-corrected chi connectivity index (χ0v) is 17.8. The van der Waals surface area contributed by atoms with Gasteiger partial charge in [-0.15, -0.1) is 0 Å². The number of fused-ring (bicyclic) bond motifs is 1. The van der Waals surface area contributed by atoms with Gasteiger partial charge < -0.3 is 19.7 Å². The van der Waals surface area contributed by atoms with Gasteiger partial charge in [0.15, 0.2) is 0 Å². The molecule has 3 heterocycles. The first-order valence-electron chi connectivity index (χ1n) is 10.1. The smallest absolute Gasteiger partial charge is 0.258 e. The SMILES string of the molecule is CCOc1nc(N2CCc3c(OC)cccc32)ncc1C(=O)NCc1cnc(C)cn1. The normalized spacial score (nSPS) is 12.4. The molecular formula is C22H24N6O3. The van der Waals surface area contributed by atoms with Gasteiger partial charge in [0.05, 0.1) is 43.5 Å². The monoisotopic (exact) mass is 420 g/mol. The summed E-state index contributed by atoms with van der Waals surface area (Å²) in [6.07, 6.45) is 5.62. The lowest BCUT2D eigenvalue weighted by atomic mass is 10.1. The van der Waals surface area contributed by atoms with Crippen LogP contribution >= 0.6 is 0 Å². The molecule has 0 saturated carbocycles. The molecule has 9 heteroatoms. The second-order valence-corrected chi connectivity index (χ2v) is 7.01. The maximum Gasteiger partial charge on any atom is 0.258 e. The lowest BCUT2D eigenvalue weighted by molar-refractivity contribution is 0.0945. The molecule has 1 amide bonds. The van der Waals surface area contributed by atoms with E-state index in [9.17, 15) is 4.79 Å². The van der Waals surface area contributed by atoms with Crippen molar-refractivity contribution in [2.75, 3.05) is 25.2 Å². The maximum absolute atomic E-state index is 12.7. The quantitative estimate of drug-likeness (QED) is 0.622. The third-order valence-corrected chi connectivity index (χ3v) is 4.98. The second kappa shape index (κ2) is 8.95. The zero-order chi connectivity index (χ0) is 21.8. The number of anilines is 2. The van der Waals surface area contributed by atoms with Crippen LogP contribution in [0.25, 0.3) is 0 Å². The lowest BCUT2D eigenvalue weighted by Gasteiger charge is -2.19. The molecule has 160 valence electrons. The number of benzene rings is 1. The first-order chi connectivity index (χ1) is 15.1. The third-order valence-electron chi connectivity index (χ3n) is 4.98. The van der Waals surface area contributed by atoms with Gasteiger partial charge in [0.25, 0.3) is 5.91 Å². The highest BCUT2D eigenvalue weighted by Crippen LogP contribution is 2.38. The number of carbonyl (C=O) groups excluding carboxylic acids is 1. The molecular weight excluding hydrogens is 396 g/mol. The van der Waals surface area contributed by atoms with Gasteiger partial charge in [-0.25, -0.2) is 4.98 Å². The average Bonchev–Trinajstić information content (AvgIpc) is 3.23. The van der Waals surface area contributed by atoms with Crippen LogP contribution in [-0.2, 0) is 13.0 Å². The molecule has 1 N–H and O–H groups in total. The molecule has 0 aliphatic carbocycles. The van der Waals surface area contributed by atoms with Crippen LogP contribution in [0.4, 0.5) is 11.6 Å². The minimum absolute atomic E-state index is 0.247. The number of amides is 1. The number of ether oxygens (including phenoxy) is 2. The molecule has 2 aromatic heterocycles. The van der Waals surface area contributed by atoms with Crippen molar-refractivity contribution in [3.63, 3.8) is 0 Å². The number of carbonyl (C=O) groups is 1. The number of hydrogen-bond acceptors (Lipinski definition) is 8. The number of aromatic nitrogens is 4. The number of methoxy groups -OCH3 is 1. The number of hydrogen-bond donors (Lipinski definition) is 1. The highest BCUT2D eigenvalue weighted by atomic mass is 16.5. The Kier molecular flexibility index (Phi) is 5.92. The first-order valence-corrected chi connectivity index (χ1v) is 10.1. The Bertz CT molecular complexity index is 1090. The summed E-state index contributed by atoms with van der Waals surface area (Å²) in [4.78, 5) is 32.2. The van der Waals surface area contributed by atoms with Gasteiger partial charge in [-0.05, 0) is 32.4 Å². The summed E-state index contributed by atoms with van der Waals surface area (Å²) >= 11 is 0. The number of nitrogens with zero attached hydrogens (tertiary/aromatic N) is 5. The van der Waals surface area contributed by atoms with Crippen LogP contribution in [0.15, 0.2) is 36.8 Å². The topological polar surface area (TPSA) is 102 Å². The van der Waals surface area contributed by atoms with Crippen LogP contribution in [-0.4, -0.2) is 46.1 Å². The fourth-order valence-corrected chi connectivity index (χ4v) is 3.47. The van der Waals surface area contributed by atoms with E-state index in [1.54, 1.807) is 19.5 Å². The van der Waals surface area contributed by atoms with Crippen molar-refractivity contribution >= 4 is 17.5 Å². The van der Waals surface area contributed by atoms with E-state index < -0.39 is 0 Å². The first kappa shape index (κ1) is 20.5. The molecule has 0 spiro atoms. The minimum Gasteiger partial charge on any atom is -0.496 e. The number of nitrogens with one attached hydrogen (secondary N) is 1. The van der Waals surface area contributed by atoms with Gasteiger partial charge >= 0.3 is 0 Å². The van der Waals surface area contributed by atoms with E-state index in [0.29, 0.717) is 18.2 Å². The number of rotatable bonds is 7. The fraction of sp³-hybridized carbons (Fsp3) is 0.318. The zero-order valence-electron chi connectivity index (χ0n) is 17.8.